The van der Waals surface area contributed by atoms with E-state index in [1.165, 1.54) is 44.9 Å². The lowest BCUT2D eigenvalue weighted by molar-refractivity contribution is 0.144. The predicted octanol–water partition coefficient (Wildman–Crippen LogP) is 3.81. The molecule has 2 heterocycles. The van der Waals surface area contributed by atoms with Crippen molar-refractivity contribution in [3.63, 3.8) is 0 Å². The van der Waals surface area contributed by atoms with Crippen LogP contribution in [0, 0.1) is 23.7 Å². The van der Waals surface area contributed by atoms with Gasteiger partial charge in [0.1, 0.15) is 5.82 Å². The van der Waals surface area contributed by atoms with Crippen molar-refractivity contribution in [1.29, 1.82) is 5.26 Å². The van der Waals surface area contributed by atoms with Crippen molar-refractivity contribution in [2.45, 2.75) is 51.9 Å². The maximum atomic E-state index is 9.09. The molecule has 0 unspecified atom stereocenters. The summed E-state index contributed by atoms with van der Waals surface area (Å²) in [5, 5.41) is 9.09. The summed E-state index contributed by atoms with van der Waals surface area (Å²) >= 11 is 0. The van der Waals surface area contributed by atoms with E-state index in [2.05, 4.69) is 16.0 Å². The number of hydrogen-bond donors (Lipinski definition) is 0. The maximum absolute atomic E-state index is 9.09. The molecule has 0 amide bonds. The van der Waals surface area contributed by atoms with Gasteiger partial charge in [-0.3, -0.25) is 0 Å². The smallest absolute Gasteiger partial charge is 0.130 e. The molecule has 1 aliphatic heterocycles. The molecule has 1 saturated carbocycles. The molecule has 3 heteroatoms. The van der Waals surface area contributed by atoms with Crippen LogP contribution < -0.4 is 4.90 Å². The first-order valence-corrected chi connectivity index (χ1v) is 7.85. The molecule has 20 heavy (non-hydrogen) atoms. The lowest BCUT2D eigenvalue weighted by Crippen LogP contribution is -2.41. The number of nitrogens with zero attached hydrogens (tertiary/aromatic N) is 3. The summed E-state index contributed by atoms with van der Waals surface area (Å²) in [5.74, 6) is 0.993. The minimum absolute atomic E-state index is 0.622. The van der Waals surface area contributed by atoms with E-state index in [0.717, 1.165) is 30.2 Å². The quantitative estimate of drug-likeness (QED) is 0.778. The number of anilines is 1. The zero-order valence-corrected chi connectivity index (χ0v) is 12.4. The molecule has 0 atom stereocenters. The van der Waals surface area contributed by atoms with Crippen LogP contribution in [-0.2, 0) is 0 Å². The molecule has 3 rings (SSSR count). The fraction of sp³-hybridized carbons (Fsp3) is 0.647. The molecule has 0 N–H and O–H groups in total. The molecule has 1 aromatic heterocycles. The summed E-state index contributed by atoms with van der Waals surface area (Å²) in [5.41, 5.74) is 2.29. The van der Waals surface area contributed by atoms with Gasteiger partial charge in [-0.15, -0.1) is 0 Å². The lowest BCUT2D eigenvalue weighted by atomic mass is 9.68. The van der Waals surface area contributed by atoms with Crippen molar-refractivity contribution < 1.29 is 0 Å². The zero-order chi connectivity index (χ0) is 14.0. The van der Waals surface area contributed by atoms with Gasteiger partial charge in [0, 0.05) is 18.8 Å². The molecular formula is C17H23N3. The van der Waals surface area contributed by atoms with Crippen LogP contribution in [0.3, 0.4) is 0 Å². The first-order chi connectivity index (χ1) is 9.71. The van der Waals surface area contributed by atoms with Crippen molar-refractivity contribution in [3.05, 3.63) is 23.4 Å². The molecule has 0 bridgehead atoms. The SMILES string of the molecule is Cc1cc(C#N)cc(N2CCC3(CCCCC3)CC2)n1. The molecule has 1 spiro atoms. The normalized spacial score (nSPS) is 21.7. The summed E-state index contributed by atoms with van der Waals surface area (Å²) in [7, 11) is 0. The highest BCUT2D eigenvalue weighted by Gasteiger charge is 2.35. The van der Waals surface area contributed by atoms with Crippen LogP contribution in [0.5, 0.6) is 0 Å². The van der Waals surface area contributed by atoms with Crippen LogP contribution >= 0.6 is 0 Å². The zero-order valence-electron chi connectivity index (χ0n) is 12.4. The Morgan fingerprint density at radius 2 is 1.80 bits per heavy atom. The van der Waals surface area contributed by atoms with Gasteiger partial charge < -0.3 is 4.90 Å². The highest BCUT2D eigenvalue weighted by Crippen LogP contribution is 2.44. The van der Waals surface area contributed by atoms with Crippen molar-refractivity contribution in [1.82, 2.24) is 4.98 Å². The third-order valence-corrected chi connectivity index (χ3v) is 5.13. The van der Waals surface area contributed by atoms with Crippen LogP contribution in [0.15, 0.2) is 12.1 Å². The fourth-order valence-electron chi connectivity index (χ4n) is 3.89. The van der Waals surface area contributed by atoms with Gasteiger partial charge in [-0.2, -0.15) is 5.26 Å². The largest absolute Gasteiger partial charge is 0.357 e. The third-order valence-electron chi connectivity index (χ3n) is 5.13. The van der Waals surface area contributed by atoms with Crippen LogP contribution in [0.2, 0.25) is 0 Å². The molecule has 2 aliphatic rings. The van der Waals surface area contributed by atoms with Gasteiger partial charge in [0.25, 0.3) is 0 Å². The molecule has 3 nitrogen and oxygen atoms in total. The Kier molecular flexibility index (Phi) is 3.65. The van der Waals surface area contributed by atoms with E-state index >= 15 is 0 Å². The van der Waals surface area contributed by atoms with Gasteiger partial charge in [0.2, 0.25) is 0 Å². The van der Waals surface area contributed by atoms with Crippen LogP contribution in [0.4, 0.5) is 5.82 Å². The lowest BCUT2D eigenvalue weighted by Gasteiger charge is -2.44. The first-order valence-electron chi connectivity index (χ1n) is 7.85. The second-order valence-corrected chi connectivity index (χ2v) is 6.51. The van der Waals surface area contributed by atoms with Crippen LogP contribution in [0.1, 0.15) is 56.2 Å². The van der Waals surface area contributed by atoms with E-state index < -0.39 is 0 Å². The van der Waals surface area contributed by atoms with Gasteiger partial charge in [0.05, 0.1) is 11.6 Å². The molecule has 1 aromatic rings. The van der Waals surface area contributed by atoms with Gasteiger partial charge in [-0.1, -0.05) is 19.3 Å². The van der Waals surface area contributed by atoms with E-state index in [1.807, 2.05) is 19.1 Å². The average molecular weight is 269 g/mol. The molecule has 2 fully saturated rings. The molecule has 0 aromatic carbocycles. The van der Waals surface area contributed by atoms with E-state index in [1.54, 1.807) is 0 Å². The van der Waals surface area contributed by atoms with Gasteiger partial charge in [-0.05, 0) is 50.2 Å². The number of aromatic nitrogens is 1. The Hall–Kier alpha value is -1.56. The fourth-order valence-corrected chi connectivity index (χ4v) is 3.89. The Morgan fingerprint density at radius 3 is 2.45 bits per heavy atom. The Morgan fingerprint density at radius 1 is 1.10 bits per heavy atom. The molecular weight excluding hydrogens is 246 g/mol. The molecule has 1 aliphatic carbocycles. The van der Waals surface area contributed by atoms with Crippen LogP contribution in [-0.4, -0.2) is 18.1 Å². The molecule has 1 saturated heterocycles. The molecule has 106 valence electrons. The Balaban J connectivity index is 1.72. The van der Waals surface area contributed by atoms with Gasteiger partial charge in [0.15, 0.2) is 0 Å². The minimum atomic E-state index is 0.622. The van der Waals surface area contributed by atoms with E-state index in [4.69, 9.17) is 5.26 Å². The van der Waals surface area contributed by atoms with E-state index in [-0.39, 0.29) is 0 Å². The first kappa shape index (κ1) is 13.4. The summed E-state index contributed by atoms with van der Waals surface area (Å²) < 4.78 is 0. The predicted molar refractivity (Wildman–Crippen MR) is 80.7 cm³/mol. The van der Waals surface area contributed by atoms with Crippen molar-refractivity contribution in [2.24, 2.45) is 5.41 Å². The molecule has 0 radical (unpaired) electrons. The number of hydrogen-bond acceptors (Lipinski definition) is 3. The van der Waals surface area contributed by atoms with E-state index in [9.17, 15) is 0 Å². The van der Waals surface area contributed by atoms with E-state index in [0.29, 0.717) is 5.41 Å². The second kappa shape index (κ2) is 5.44. The third kappa shape index (κ3) is 2.65. The monoisotopic (exact) mass is 269 g/mol. The minimum Gasteiger partial charge on any atom is -0.357 e. The number of aryl methyl sites for hydroxylation is 1. The topological polar surface area (TPSA) is 39.9 Å². The number of nitriles is 1. The summed E-state index contributed by atoms with van der Waals surface area (Å²) in [6.45, 7) is 4.17. The second-order valence-electron chi connectivity index (χ2n) is 6.51. The van der Waals surface area contributed by atoms with Gasteiger partial charge >= 0.3 is 0 Å². The highest BCUT2D eigenvalue weighted by molar-refractivity contribution is 5.47. The summed E-state index contributed by atoms with van der Waals surface area (Å²) in [4.78, 5) is 6.98. The number of rotatable bonds is 1. The van der Waals surface area contributed by atoms with Crippen molar-refractivity contribution in [3.8, 4) is 6.07 Å². The van der Waals surface area contributed by atoms with Crippen LogP contribution in [0.25, 0.3) is 0 Å². The number of piperidine rings is 1. The average Bonchev–Trinajstić information content (AvgIpc) is 2.48. The summed E-state index contributed by atoms with van der Waals surface area (Å²) in [6, 6.07) is 6.03. The van der Waals surface area contributed by atoms with Crippen molar-refractivity contribution >= 4 is 5.82 Å². The number of pyridine rings is 1. The Bertz CT molecular complexity index is 514. The standard InChI is InChI=1S/C17H23N3/c1-14-11-15(13-18)12-16(19-14)20-9-7-17(8-10-20)5-3-2-4-6-17/h11-12H,2-10H2,1H3. The van der Waals surface area contributed by atoms with Crippen molar-refractivity contribution in [2.75, 3.05) is 18.0 Å². The highest BCUT2D eigenvalue weighted by atomic mass is 15.2. The van der Waals surface area contributed by atoms with Gasteiger partial charge in [-0.25, -0.2) is 4.98 Å². The maximum Gasteiger partial charge on any atom is 0.130 e. The summed E-state index contributed by atoms with van der Waals surface area (Å²) in [6.07, 6.45) is 9.70. The Labute approximate surface area is 121 Å².